The Balaban J connectivity index is 1.48. The third-order valence-electron chi connectivity index (χ3n) is 4.76. The second-order valence-electron chi connectivity index (χ2n) is 6.33. The third-order valence-corrected chi connectivity index (χ3v) is 4.76. The van der Waals surface area contributed by atoms with E-state index in [9.17, 15) is 0 Å². The molecule has 0 aromatic carbocycles. The van der Waals surface area contributed by atoms with E-state index in [1.54, 1.807) is 0 Å². The Bertz CT molecular complexity index is 423. The molecule has 1 aromatic heterocycles. The minimum absolute atomic E-state index is 0.249. The van der Waals surface area contributed by atoms with E-state index in [0.29, 0.717) is 6.10 Å². The molecule has 1 aliphatic heterocycles. The molecule has 4 heteroatoms. The fraction of sp³-hybridized carbons (Fsp3) is 0.812. The Hall–Kier alpha value is -0.870. The van der Waals surface area contributed by atoms with Crippen molar-refractivity contribution in [3.8, 4) is 0 Å². The first kappa shape index (κ1) is 14.1. The van der Waals surface area contributed by atoms with Crippen LogP contribution in [0.4, 0.5) is 0 Å². The average Bonchev–Trinajstić information content (AvgIpc) is 3.15. The first-order valence-electron chi connectivity index (χ1n) is 8.19. The second kappa shape index (κ2) is 6.27. The van der Waals surface area contributed by atoms with Crippen LogP contribution >= 0.6 is 0 Å². The summed E-state index contributed by atoms with van der Waals surface area (Å²) < 4.78 is 8.57. The molecule has 2 aliphatic rings. The molecular weight excluding hydrogens is 250 g/mol. The molecule has 1 unspecified atom stereocenters. The van der Waals surface area contributed by atoms with Gasteiger partial charge in [0.1, 0.15) is 0 Å². The summed E-state index contributed by atoms with van der Waals surface area (Å²) in [6.45, 7) is 5.14. The number of hydrogen-bond donors (Lipinski definition) is 1. The Morgan fingerprint density at radius 3 is 3.05 bits per heavy atom. The van der Waals surface area contributed by atoms with Crippen LogP contribution in [0.5, 0.6) is 0 Å². The van der Waals surface area contributed by atoms with Gasteiger partial charge in [-0.15, -0.1) is 0 Å². The minimum atomic E-state index is 0.249. The van der Waals surface area contributed by atoms with Crippen molar-refractivity contribution < 1.29 is 4.74 Å². The highest BCUT2D eigenvalue weighted by molar-refractivity contribution is 4.99. The molecule has 2 heterocycles. The van der Waals surface area contributed by atoms with Crippen molar-refractivity contribution in [3.05, 3.63) is 18.2 Å². The Kier molecular flexibility index (Phi) is 4.41. The molecule has 112 valence electrons. The van der Waals surface area contributed by atoms with Gasteiger partial charge in [0.2, 0.25) is 0 Å². The quantitative estimate of drug-likeness (QED) is 0.812. The topological polar surface area (TPSA) is 39.1 Å². The Labute approximate surface area is 121 Å². The van der Waals surface area contributed by atoms with E-state index in [1.807, 2.05) is 6.33 Å². The largest absolute Gasteiger partial charge is 0.370 e. The summed E-state index contributed by atoms with van der Waals surface area (Å²) in [5.41, 5.74) is 1.43. The lowest BCUT2D eigenvalue weighted by Gasteiger charge is -2.23. The molecule has 1 spiro atoms. The van der Waals surface area contributed by atoms with Gasteiger partial charge in [-0.2, -0.15) is 0 Å². The number of imidazole rings is 1. The maximum absolute atomic E-state index is 6.36. The molecule has 0 bridgehead atoms. The Morgan fingerprint density at radius 2 is 2.25 bits per heavy atom. The fourth-order valence-electron chi connectivity index (χ4n) is 3.67. The third kappa shape index (κ3) is 3.23. The highest BCUT2D eigenvalue weighted by Crippen LogP contribution is 2.43. The van der Waals surface area contributed by atoms with Crippen LogP contribution in [0.1, 0.15) is 51.1 Å². The smallest absolute Gasteiger partial charge is 0.0950 e. The molecule has 1 atom stereocenters. The molecule has 0 amide bonds. The van der Waals surface area contributed by atoms with Crippen LogP contribution in [0.25, 0.3) is 0 Å². The summed E-state index contributed by atoms with van der Waals surface area (Å²) in [7, 11) is 0. The average molecular weight is 277 g/mol. The summed E-state index contributed by atoms with van der Waals surface area (Å²) in [4.78, 5) is 4.49. The highest BCUT2D eigenvalue weighted by atomic mass is 16.5. The molecule has 2 fully saturated rings. The van der Waals surface area contributed by atoms with Gasteiger partial charge >= 0.3 is 0 Å². The van der Waals surface area contributed by atoms with E-state index in [0.717, 1.165) is 26.1 Å². The molecule has 20 heavy (non-hydrogen) atoms. The van der Waals surface area contributed by atoms with Crippen molar-refractivity contribution >= 4 is 0 Å². The number of likely N-dealkylation sites (N-methyl/N-ethyl adjacent to an activating group) is 1. The summed E-state index contributed by atoms with van der Waals surface area (Å²) in [6, 6.07) is 0. The number of aromatic nitrogens is 2. The van der Waals surface area contributed by atoms with Gasteiger partial charge in [-0.25, -0.2) is 4.98 Å². The molecule has 1 saturated carbocycles. The number of nitrogens with one attached hydrogen (secondary N) is 1. The van der Waals surface area contributed by atoms with E-state index < -0.39 is 0 Å². The zero-order chi connectivity index (χ0) is 13.8. The highest BCUT2D eigenvalue weighted by Gasteiger charge is 2.42. The zero-order valence-corrected chi connectivity index (χ0v) is 12.6. The minimum Gasteiger partial charge on any atom is -0.370 e. The van der Waals surface area contributed by atoms with E-state index >= 15 is 0 Å². The molecule has 1 N–H and O–H groups in total. The fourth-order valence-corrected chi connectivity index (χ4v) is 3.67. The van der Waals surface area contributed by atoms with Crippen molar-refractivity contribution in [2.45, 2.75) is 70.1 Å². The van der Waals surface area contributed by atoms with Crippen molar-refractivity contribution in [2.75, 3.05) is 13.1 Å². The predicted octanol–water partition coefficient (Wildman–Crippen LogP) is 2.53. The maximum atomic E-state index is 6.36. The lowest BCUT2D eigenvalue weighted by Crippen LogP contribution is -2.26. The van der Waals surface area contributed by atoms with Crippen LogP contribution in [0, 0.1) is 0 Å². The maximum Gasteiger partial charge on any atom is 0.0950 e. The van der Waals surface area contributed by atoms with Gasteiger partial charge in [0, 0.05) is 25.7 Å². The number of rotatable bonds is 6. The van der Waals surface area contributed by atoms with E-state index in [2.05, 4.69) is 28.0 Å². The van der Waals surface area contributed by atoms with Gasteiger partial charge < -0.3 is 14.6 Å². The van der Waals surface area contributed by atoms with Crippen molar-refractivity contribution in [1.82, 2.24) is 14.9 Å². The van der Waals surface area contributed by atoms with Gasteiger partial charge in [0.25, 0.3) is 0 Å². The lowest BCUT2D eigenvalue weighted by molar-refractivity contribution is -0.0418. The number of hydrogen-bond acceptors (Lipinski definition) is 3. The zero-order valence-electron chi connectivity index (χ0n) is 12.6. The Morgan fingerprint density at radius 1 is 1.40 bits per heavy atom. The summed E-state index contributed by atoms with van der Waals surface area (Å²) in [5, 5.41) is 3.34. The molecule has 1 saturated heterocycles. The predicted molar refractivity (Wildman–Crippen MR) is 79.8 cm³/mol. The normalized spacial score (nSPS) is 24.8. The summed E-state index contributed by atoms with van der Waals surface area (Å²) >= 11 is 0. The van der Waals surface area contributed by atoms with Crippen LogP contribution in [-0.2, 0) is 17.7 Å². The number of nitrogens with zero attached hydrogens (tertiary/aromatic N) is 2. The van der Waals surface area contributed by atoms with Crippen molar-refractivity contribution in [3.63, 3.8) is 0 Å². The summed E-state index contributed by atoms with van der Waals surface area (Å²) in [6.07, 6.45) is 13.3. The van der Waals surface area contributed by atoms with E-state index in [1.165, 1.54) is 44.2 Å². The van der Waals surface area contributed by atoms with Crippen LogP contribution < -0.4 is 5.32 Å². The lowest BCUT2D eigenvalue weighted by atomic mass is 9.98. The van der Waals surface area contributed by atoms with Crippen LogP contribution in [0.15, 0.2) is 12.5 Å². The SMILES string of the molecule is CCNCCc1cn(CC2CCC3(CCCC3)O2)cn1. The summed E-state index contributed by atoms with van der Waals surface area (Å²) in [5.74, 6) is 0. The molecule has 0 radical (unpaired) electrons. The van der Waals surface area contributed by atoms with Crippen LogP contribution in [0.3, 0.4) is 0 Å². The van der Waals surface area contributed by atoms with Crippen molar-refractivity contribution in [2.24, 2.45) is 0 Å². The second-order valence-corrected chi connectivity index (χ2v) is 6.33. The van der Waals surface area contributed by atoms with E-state index in [4.69, 9.17) is 4.74 Å². The first-order valence-corrected chi connectivity index (χ1v) is 8.19. The molecule has 1 aromatic rings. The molecular formula is C16H27N3O. The van der Waals surface area contributed by atoms with E-state index in [-0.39, 0.29) is 5.60 Å². The van der Waals surface area contributed by atoms with Crippen molar-refractivity contribution in [1.29, 1.82) is 0 Å². The van der Waals surface area contributed by atoms with Crippen LogP contribution in [-0.4, -0.2) is 34.3 Å². The van der Waals surface area contributed by atoms with Gasteiger partial charge in [-0.3, -0.25) is 0 Å². The van der Waals surface area contributed by atoms with Gasteiger partial charge in [-0.05, 0) is 32.2 Å². The number of ether oxygens (including phenoxy) is 1. The van der Waals surface area contributed by atoms with Crippen LogP contribution in [0.2, 0.25) is 0 Å². The first-order chi connectivity index (χ1) is 9.80. The standard InChI is InChI=1S/C16H27N3O/c1-2-17-10-6-14-11-19(13-18-14)12-15-5-9-16(20-15)7-3-4-8-16/h11,13,15,17H,2-10,12H2,1H3. The van der Waals surface area contributed by atoms with Gasteiger partial charge in [0.15, 0.2) is 0 Å². The monoisotopic (exact) mass is 277 g/mol. The molecule has 1 aliphatic carbocycles. The van der Waals surface area contributed by atoms with Gasteiger partial charge in [-0.1, -0.05) is 19.8 Å². The molecule has 3 rings (SSSR count). The van der Waals surface area contributed by atoms with Gasteiger partial charge in [0.05, 0.1) is 23.7 Å². The molecule has 4 nitrogen and oxygen atoms in total.